The summed E-state index contributed by atoms with van der Waals surface area (Å²) in [6.45, 7) is 7.30. The fourth-order valence-electron chi connectivity index (χ4n) is 3.11. The number of carbonyl (C=O) groups excluding carboxylic acids is 1. The van der Waals surface area contributed by atoms with Gasteiger partial charge in [0.15, 0.2) is 0 Å². The van der Waals surface area contributed by atoms with Crippen LogP contribution in [0.5, 0.6) is 11.5 Å². The fourth-order valence-corrected chi connectivity index (χ4v) is 3.11. The van der Waals surface area contributed by atoms with Crippen LogP contribution in [0.15, 0.2) is 0 Å². The molecule has 6 heteroatoms. The van der Waals surface area contributed by atoms with Gasteiger partial charge >= 0.3 is 5.97 Å². The Morgan fingerprint density at radius 1 is 1.21 bits per heavy atom. The van der Waals surface area contributed by atoms with E-state index in [1.807, 2.05) is 27.7 Å². The van der Waals surface area contributed by atoms with Crippen molar-refractivity contribution in [1.82, 2.24) is 5.32 Å². The number of rotatable bonds is 5. The molecule has 0 saturated heterocycles. The molecular weight excluding hydrogens is 310 g/mol. The summed E-state index contributed by atoms with van der Waals surface area (Å²) < 4.78 is 6.24. The van der Waals surface area contributed by atoms with Gasteiger partial charge in [0.05, 0.1) is 0 Å². The Balaban J connectivity index is 2.11. The van der Waals surface area contributed by atoms with Gasteiger partial charge in [-0.2, -0.15) is 0 Å². The van der Waals surface area contributed by atoms with Gasteiger partial charge < -0.3 is 20.3 Å². The first-order chi connectivity index (χ1) is 11.1. The number of carboxylic acids is 1. The second-order valence-electron chi connectivity index (χ2n) is 6.75. The maximum Gasteiger partial charge on any atom is 0.322 e. The van der Waals surface area contributed by atoms with E-state index in [0.29, 0.717) is 12.2 Å². The van der Waals surface area contributed by atoms with Crippen molar-refractivity contribution in [2.75, 3.05) is 6.54 Å². The molecule has 1 aliphatic rings. The lowest BCUT2D eigenvalue weighted by molar-refractivity contribution is -0.138. The molecule has 132 valence electrons. The van der Waals surface area contributed by atoms with Crippen molar-refractivity contribution >= 4 is 11.9 Å². The lowest BCUT2D eigenvalue weighted by Crippen LogP contribution is -2.39. The van der Waals surface area contributed by atoms with Gasteiger partial charge in [-0.15, -0.1) is 0 Å². The van der Waals surface area contributed by atoms with Crippen LogP contribution >= 0.6 is 0 Å². The van der Waals surface area contributed by atoms with Crippen molar-refractivity contribution in [3.8, 4) is 11.5 Å². The van der Waals surface area contributed by atoms with Gasteiger partial charge in [-0.3, -0.25) is 9.59 Å². The molecule has 1 aromatic carbocycles. The minimum Gasteiger partial charge on any atom is -0.507 e. The standard InChI is InChI=1S/C18H25NO5/c1-10-11(2)17-13(12(3)16(10)23)5-7-18(4,24-17)8-6-14(20)19-9-15(21)22/h23H,5-9H2,1-4H3,(H,19,20)(H,21,22)/t18-/m0/s1. The van der Waals surface area contributed by atoms with Gasteiger partial charge in [-0.1, -0.05) is 0 Å². The third kappa shape index (κ3) is 3.63. The Labute approximate surface area is 141 Å². The van der Waals surface area contributed by atoms with E-state index in [9.17, 15) is 14.7 Å². The third-order valence-corrected chi connectivity index (χ3v) is 4.91. The molecule has 0 spiro atoms. The van der Waals surface area contributed by atoms with Crippen LogP contribution in [0.1, 0.15) is 48.4 Å². The summed E-state index contributed by atoms with van der Waals surface area (Å²) in [4.78, 5) is 22.2. The molecule has 24 heavy (non-hydrogen) atoms. The van der Waals surface area contributed by atoms with Gasteiger partial charge in [0.25, 0.3) is 0 Å². The second kappa shape index (κ2) is 6.71. The topological polar surface area (TPSA) is 95.9 Å². The minimum atomic E-state index is -1.06. The van der Waals surface area contributed by atoms with E-state index < -0.39 is 11.6 Å². The van der Waals surface area contributed by atoms with Gasteiger partial charge in [0.1, 0.15) is 23.6 Å². The largest absolute Gasteiger partial charge is 0.507 e. The quantitative estimate of drug-likeness (QED) is 0.768. The van der Waals surface area contributed by atoms with Crippen molar-refractivity contribution in [3.05, 3.63) is 22.3 Å². The van der Waals surface area contributed by atoms with Gasteiger partial charge in [-0.05, 0) is 63.6 Å². The zero-order valence-corrected chi connectivity index (χ0v) is 14.7. The molecule has 0 radical (unpaired) electrons. The first-order valence-corrected chi connectivity index (χ1v) is 8.14. The van der Waals surface area contributed by atoms with Crippen molar-refractivity contribution in [3.63, 3.8) is 0 Å². The average Bonchev–Trinajstić information content (AvgIpc) is 2.54. The lowest BCUT2D eigenvalue weighted by Gasteiger charge is -2.38. The van der Waals surface area contributed by atoms with Crippen LogP contribution in [0.3, 0.4) is 0 Å². The Hall–Kier alpha value is -2.24. The number of hydrogen-bond acceptors (Lipinski definition) is 4. The number of aromatic hydroxyl groups is 1. The number of amides is 1. The van der Waals surface area contributed by atoms with Gasteiger partial charge in [-0.25, -0.2) is 0 Å². The lowest BCUT2D eigenvalue weighted by atomic mass is 9.85. The van der Waals surface area contributed by atoms with E-state index in [1.54, 1.807) is 0 Å². The molecule has 0 saturated carbocycles. The van der Waals surface area contributed by atoms with Crippen LogP contribution in [-0.4, -0.2) is 34.2 Å². The highest BCUT2D eigenvalue weighted by molar-refractivity contribution is 5.81. The summed E-state index contributed by atoms with van der Waals surface area (Å²) in [5.41, 5.74) is 3.15. The molecule has 1 heterocycles. The molecule has 1 atom stereocenters. The van der Waals surface area contributed by atoms with Crippen LogP contribution in [0.2, 0.25) is 0 Å². The Morgan fingerprint density at radius 3 is 2.50 bits per heavy atom. The highest BCUT2D eigenvalue weighted by atomic mass is 16.5. The number of carboxylic acid groups (broad SMARTS) is 1. The van der Waals surface area contributed by atoms with E-state index >= 15 is 0 Å². The molecule has 0 bridgehead atoms. The van der Waals surface area contributed by atoms with Crippen molar-refractivity contribution in [1.29, 1.82) is 0 Å². The summed E-state index contributed by atoms with van der Waals surface area (Å²) in [6, 6.07) is 0. The predicted octanol–water partition coefficient (Wildman–Crippen LogP) is 2.38. The van der Waals surface area contributed by atoms with Crippen LogP contribution in [-0.2, 0) is 16.0 Å². The van der Waals surface area contributed by atoms with Crippen LogP contribution in [0.4, 0.5) is 0 Å². The number of benzene rings is 1. The summed E-state index contributed by atoms with van der Waals surface area (Å²) in [5.74, 6) is -0.212. The molecule has 1 aromatic rings. The number of fused-ring (bicyclic) bond motifs is 1. The van der Waals surface area contributed by atoms with Gasteiger partial charge in [0, 0.05) is 12.0 Å². The normalized spacial score (nSPS) is 19.3. The molecule has 6 nitrogen and oxygen atoms in total. The maximum atomic E-state index is 11.7. The molecular formula is C18H25NO5. The van der Waals surface area contributed by atoms with E-state index in [2.05, 4.69) is 5.32 Å². The molecule has 0 unspecified atom stereocenters. The monoisotopic (exact) mass is 335 g/mol. The molecule has 1 amide bonds. The Morgan fingerprint density at radius 2 is 1.88 bits per heavy atom. The molecule has 0 fully saturated rings. The average molecular weight is 335 g/mol. The second-order valence-corrected chi connectivity index (χ2v) is 6.75. The summed E-state index contributed by atoms with van der Waals surface area (Å²) in [5, 5.41) is 21.1. The SMILES string of the molecule is Cc1c(C)c2c(c(C)c1O)CC[C@@](C)(CCC(=O)NCC(=O)O)O2. The van der Waals surface area contributed by atoms with Crippen LogP contribution < -0.4 is 10.1 Å². The van der Waals surface area contributed by atoms with Crippen molar-refractivity contribution in [2.45, 2.75) is 59.0 Å². The van der Waals surface area contributed by atoms with E-state index in [-0.39, 0.29) is 18.9 Å². The summed E-state index contributed by atoms with van der Waals surface area (Å²) in [7, 11) is 0. The molecule has 3 N–H and O–H groups in total. The Bertz CT molecular complexity index is 683. The molecule has 1 aliphatic heterocycles. The van der Waals surface area contributed by atoms with E-state index in [4.69, 9.17) is 9.84 Å². The zero-order chi connectivity index (χ0) is 18.1. The molecule has 2 rings (SSSR count). The minimum absolute atomic E-state index is 0.216. The predicted molar refractivity (Wildman–Crippen MR) is 89.6 cm³/mol. The number of aliphatic carboxylic acids is 1. The number of phenolic OH excluding ortho intramolecular Hbond substituents is 1. The third-order valence-electron chi connectivity index (χ3n) is 4.91. The number of phenols is 1. The zero-order valence-electron chi connectivity index (χ0n) is 14.7. The summed E-state index contributed by atoms with van der Waals surface area (Å²) in [6.07, 6.45) is 2.25. The highest BCUT2D eigenvalue weighted by Crippen LogP contribution is 2.44. The maximum absolute atomic E-state index is 11.7. The van der Waals surface area contributed by atoms with Crippen LogP contribution in [0.25, 0.3) is 0 Å². The number of carbonyl (C=O) groups is 2. The molecule has 0 aromatic heterocycles. The van der Waals surface area contributed by atoms with E-state index in [0.717, 1.165) is 40.8 Å². The summed E-state index contributed by atoms with van der Waals surface area (Å²) >= 11 is 0. The first-order valence-electron chi connectivity index (χ1n) is 8.14. The number of ether oxygens (including phenoxy) is 1. The highest BCUT2D eigenvalue weighted by Gasteiger charge is 2.34. The van der Waals surface area contributed by atoms with Crippen molar-refractivity contribution < 1.29 is 24.5 Å². The number of hydrogen-bond donors (Lipinski definition) is 3. The smallest absolute Gasteiger partial charge is 0.322 e. The fraction of sp³-hybridized carbons (Fsp3) is 0.556. The van der Waals surface area contributed by atoms with Gasteiger partial charge in [0.2, 0.25) is 5.91 Å². The molecule has 0 aliphatic carbocycles. The van der Waals surface area contributed by atoms with Crippen LogP contribution in [0, 0.1) is 20.8 Å². The van der Waals surface area contributed by atoms with Crippen molar-refractivity contribution in [2.24, 2.45) is 0 Å². The Kier molecular flexibility index (Phi) is 5.06. The van der Waals surface area contributed by atoms with E-state index in [1.165, 1.54) is 0 Å². The number of nitrogens with one attached hydrogen (secondary N) is 1. The first kappa shape index (κ1) is 18.1.